The Labute approximate surface area is 436 Å². The number of aliphatic hydroxyl groups excluding tert-OH is 5. The number of hydrogen-bond acceptors (Lipinski definition) is 8. The molecule has 412 valence electrons. The van der Waals surface area contributed by atoms with E-state index in [1.54, 1.807) is 0 Å². The lowest BCUT2D eigenvalue weighted by atomic mass is 9.99. The van der Waals surface area contributed by atoms with Crippen molar-refractivity contribution in [1.29, 1.82) is 0 Å². The van der Waals surface area contributed by atoms with E-state index in [0.29, 0.717) is 12.8 Å². The van der Waals surface area contributed by atoms with Gasteiger partial charge in [0.2, 0.25) is 5.91 Å². The molecule has 0 bridgehead atoms. The number of nitrogens with one attached hydrogen (secondary N) is 1. The van der Waals surface area contributed by atoms with Crippen molar-refractivity contribution in [2.75, 3.05) is 13.2 Å². The van der Waals surface area contributed by atoms with Crippen molar-refractivity contribution < 1.29 is 39.8 Å². The Kier molecular flexibility index (Phi) is 48.0. The molecule has 1 heterocycles. The predicted octanol–water partition coefficient (Wildman–Crippen LogP) is 14.8. The molecule has 1 saturated heterocycles. The molecule has 1 fully saturated rings. The van der Waals surface area contributed by atoms with E-state index in [0.717, 1.165) is 57.8 Å². The zero-order valence-corrected chi connectivity index (χ0v) is 45.7. The number of carbonyl (C=O) groups excluding carboxylic acids is 1. The van der Waals surface area contributed by atoms with Crippen LogP contribution in [0.3, 0.4) is 0 Å². The van der Waals surface area contributed by atoms with Crippen LogP contribution in [0.15, 0.2) is 72.9 Å². The molecular weight excluding hydrogens is 887 g/mol. The van der Waals surface area contributed by atoms with Crippen molar-refractivity contribution in [2.45, 2.75) is 301 Å². The van der Waals surface area contributed by atoms with Gasteiger partial charge in [0.1, 0.15) is 24.4 Å². The first-order valence-electron chi connectivity index (χ1n) is 29.6. The van der Waals surface area contributed by atoms with Crippen LogP contribution in [0.25, 0.3) is 0 Å². The van der Waals surface area contributed by atoms with Gasteiger partial charge in [0, 0.05) is 6.42 Å². The lowest BCUT2D eigenvalue weighted by Crippen LogP contribution is -2.60. The number of hydrogen-bond donors (Lipinski definition) is 6. The van der Waals surface area contributed by atoms with Gasteiger partial charge in [-0.15, -0.1) is 0 Å². The van der Waals surface area contributed by atoms with Gasteiger partial charge in [-0.3, -0.25) is 4.79 Å². The Morgan fingerprint density at radius 1 is 0.493 bits per heavy atom. The van der Waals surface area contributed by atoms with Crippen LogP contribution in [-0.2, 0) is 14.3 Å². The van der Waals surface area contributed by atoms with Gasteiger partial charge in [-0.25, -0.2) is 0 Å². The smallest absolute Gasteiger partial charge is 0.220 e. The number of ether oxygens (including phenoxy) is 2. The number of amides is 1. The van der Waals surface area contributed by atoms with Crippen molar-refractivity contribution in [1.82, 2.24) is 5.32 Å². The van der Waals surface area contributed by atoms with E-state index in [4.69, 9.17) is 9.47 Å². The van der Waals surface area contributed by atoms with E-state index < -0.39 is 49.5 Å². The first-order chi connectivity index (χ1) is 34.8. The average molecular weight is 999 g/mol. The highest BCUT2D eigenvalue weighted by Gasteiger charge is 2.44. The third kappa shape index (κ3) is 40.7. The number of carbonyl (C=O) groups is 1. The van der Waals surface area contributed by atoms with Crippen LogP contribution in [-0.4, -0.2) is 87.5 Å². The minimum absolute atomic E-state index is 0.172. The minimum atomic E-state index is -1.57. The maximum Gasteiger partial charge on any atom is 0.220 e. The van der Waals surface area contributed by atoms with Gasteiger partial charge in [0.15, 0.2) is 6.29 Å². The Bertz CT molecular complexity index is 1340. The molecule has 0 saturated carbocycles. The number of rotatable bonds is 50. The fourth-order valence-corrected chi connectivity index (χ4v) is 9.19. The van der Waals surface area contributed by atoms with Crippen molar-refractivity contribution >= 4 is 5.91 Å². The van der Waals surface area contributed by atoms with Gasteiger partial charge in [0.25, 0.3) is 0 Å². The van der Waals surface area contributed by atoms with Gasteiger partial charge in [-0.2, -0.15) is 0 Å². The van der Waals surface area contributed by atoms with E-state index in [2.05, 4.69) is 79.9 Å². The molecule has 9 heteroatoms. The summed E-state index contributed by atoms with van der Waals surface area (Å²) in [5.41, 5.74) is 0. The zero-order chi connectivity index (χ0) is 51.5. The van der Waals surface area contributed by atoms with Gasteiger partial charge in [0.05, 0.1) is 25.4 Å². The van der Waals surface area contributed by atoms with E-state index in [1.807, 2.05) is 12.2 Å². The highest BCUT2D eigenvalue weighted by Crippen LogP contribution is 2.23. The molecule has 1 aliphatic heterocycles. The first-order valence-corrected chi connectivity index (χ1v) is 29.6. The Morgan fingerprint density at radius 3 is 1.21 bits per heavy atom. The van der Waals surface area contributed by atoms with E-state index in [9.17, 15) is 30.3 Å². The fraction of sp³-hybridized carbons (Fsp3) is 0.790. The van der Waals surface area contributed by atoms with Crippen LogP contribution in [0.2, 0.25) is 0 Å². The van der Waals surface area contributed by atoms with E-state index >= 15 is 0 Å². The Hall–Kier alpha value is -2.37. The molecule has 6 N–H and O–H groups in total. The molecule has 0 aromatic heterocycles. The van der Waals surface area contributed by atoms with Crippen molar-refractivity contribution in [2.24, 2.45) is 0 Å². The van der Waals surface area contributed by atoms with Crippen LogP contribution in [0.5, 0.6) is 0 Å². The summed E-state index contributed by atoms with van der Waals surface area (Å²) in [7, 11) is 0. The number of aliphatic hydroxyl groups is 5. The van der Waals surface area contributed by atoms with Crippen LogP contribution >= 0.6 is 0 Å². The predicted molar refractivity (Wildman–Crippen MR) is 299 cm³/mol. The summed E-state index contributed by atoms with van der Waals surface area (Å²) in [6, 6.07) is -0.765. The maximum atomic E-state index is 13.0. The third-order valence-electron chi connectivity index (χ3n) is 13.8. The molecular formula is C62H111NO8. The highest BCUT2D eigenvalue weighted by molar-refractivity contribution is 5.76. The summed E-state index contributed by atoms with van der Waals surface area (Å²) < 4.78 is 11.3. The van der Waals surface area contributed by atoms with Crippen LogP contribution < -0.4 is 5.32 Å². The molecule has 7 unspecified atom stereocenters. The van der Waals surface area contributed by atoms with E-state index in [-0.39, 0.29) is 18.9 Å². The Morgan fingerprint density at radius 2 is 0.845 bits per heavy atom. The monoisotopic (exact) mass is 998 g/mol. The number of unbranched alkanes of at least 4 members (excludes halogenated alkanes) is 28. The largest absolute Gasteiger partial charge is 0.394 e. The molecule has 71 heavy (non-hydrogen) atoms. The zero-order valence-electron chi connectivity index (χ0n) is 45.7. The molecule has 0 aromatic rings. The van der Waals surface area contributed by atoms with Gasteiger partial charge >= 0.3 is 0 Å². The molecule has 9 nitrogen and oxygen atoms in total. The molecule has 0 spiro atoms. The van der Waals surface area contributed by atoms with Gasteiger partial charge < -0.3 is 40.3 Å². The third-order valence-corrected chi connectivity index (χ3v) is 13.8. The molecule has 1 aliphatic rings. The standard InChI is InChI=1S/C62H111NO8/c1-3-5-7-9-11-13-15-17-19-21-23-24-25-26-27-28-29-30-31-32-34-35-37-39-41-43-45-47-49-51-56(65)55(54-70-62-61(69)60(68)59(67)57(53-64)71-62)63-58(66)52-50-48-46-44-42-40-38-36-33-22-20-18-16-14-12-10-8-6-4-2/h6,8,12,14,18,20,33,36,40,42,46,48,55-57,59-62,64-65,67-69H,3-5,7,9-11,13,15-17,19,21-32,34-35,37-39,41,43-45,47,49-54H2,1-2H3,(H,63,66)/b8-6-,14-12-,20-18-,36-33-,42-40-,48-46-. The summed E-state index contributed by atoms with van der Waals surface area (Å²) in [6.07, 6.45) is 63.9. The maximum absolute atomic E-state index is 13.0. The minimum Gasteiger partial charge on any atom is -0.394 e. The quantitative estimate of drug-likeness (QED) is 0.0261. The van der Waals surface area contributed by atoms with Crippen molar-refractivity contribution in [3.05, 3.63) is 72.9 Å². The van der Waals surface area contributed by atoms with Gasteiger partial charge in [-0.1, -0.05) is 273 Å². The lowest BCUT2D eigenvalue weighted by molar-refractivity contribution is -0.302. The summed E-state index contributed by atoms with van der Waals surface area (Å²) in [5, 5.41) is 54.6. The van der Waals surface area contributed by atoms with Gasteiger partial charge in [-0.05, 0) is 51.4 Å². The van der Waals surface area contributed by atoms with Crippen molar-refractivity contribution in [3.63, 3.8) is 0 Å². The second-order valence-electron chi connectivity index (χ2n) is 20.4. The normalized spacial score (nSPS) is 19.8. The summed E-state index contributed by atoms with van der Waals surface area (Å²) in [5.74, 6) is -0.225. The average Bonchev–Trinajstić information content (AvgIpc) is 3.37. The molecule has 7 atom stereocenters. The molecule has 0 aromatic carbocycles. The first kappa shape index (κ1) is 66.6. The summed E-state index contributed by atoms with van der Waals surface area (Å²) in [6.45, 7) is 3.70. The Balaban J connectivity index is 2.21. The van der Waals surface area contributed by atoms with Crippen LogP contribution in [0.1, 0.15) is 258 Å². The van der Waals surface area contributed by atoms with Crippen LogP contribution in [0.4, 0.5) is 0 Å². The molecule has 1 amide bonds. The summed E-state index contributed by atoms with van der Waals surface area (Å²) in [4.78, 5) is 13.0. The van der Waals surface area contributed by atoms with E-state index in [1.165, 1.54) is 167 Å². The van der Waals surface area contributed by atoms with Crippen LogP contribution in [0, 0.1) is 0 Å². The number of allylic oxidation sites excluding steroid dienone is 12. The lowest BCUT2D eigenvalue weighted by Gasteiger charge is -2.40. The molecule has 0 aliphatic carbocycles. The SMILES string of the molecule is CC/C=C\C/C=C\C/C=C\C/C=C\C/C=C\C/C=C\CCC(=O)NC(COC1OC(CO)C(O)C(O)C1O)C(O)CCCCCCCCCCCCCCCCCCCCCCCCCCCCCCC. The molecule has 0 radical (unpaired) electrons. The fourth-order valence-electron chi connectivity index (χ4n) is 9.19. The molecule has 1 rings (SSSR count). The highest BCUT2D eigenvalue weighted by atomic mass is 16.7. The second-order valence-corrected chi connectivity index (χ2v) is 20.4. The summed E-state index contributed by atoms with van der Waals surface area (Å²) >= 11 is 0. The van der Waals surface area contributed by atoms with Crippen molar-refractivity contribution in [3.8, 4) is 0 Å². The topological polar surface area (TPSA) is 149 Å². The second kappa shape index (κ2) is 51.1.